The van der Waals surface area contributed by atoms with E-state index in [0.29, 0.717) is 15.9 Å². The number of aromatic hydroxyl groups is 1. The highest BCUT2D eigenvalue weighted by molar-refractivity contribution is 9.10. The van der Waals surface area contributed by atoms with Crippen molar-refractivity contribution in [3.63, 3.8) is 0 Å². The van der Waals surface area contributed by atoms with E-state index in [1.54, 1.807) is 25.1 Å². The third-order valence-corrected chi connectivity index (χ3v) is 2.90. The van der Waals surface area contributed by atoms with Crippen LogP contribution in [-0.4, -0.2) is 16.7 Å². The summed E-state index contributed by atoms with van der Waals surface area (Å²) in [5.74, 6) is -0.0324. The van der Waals surface area contributed by atoms with Gasteiger partial charge in [-0.2, -0.15) is 5.10 Å². The summed E-state index contributed by atoms with van der Waals surface area (Å²) in [6.45, 7) is 1.71. The minimum Gasteiger partial charge on any atom is -0.507 e. The van der Waals surface area contributed by atoms with Gasteiger partial charge in [-0.1, -0.05) is 15.9 Å². The molecule has 0 radical (unpaired) electrons. The van der Waals surface area contributed by atoms with Gasteiger partial charge in [-0.15, -0.1) is 0 Å². The van der Waals surface area contributed by atoms with Crippen molar-refractivity contribution >= 4 is 27.5 Å². The molecule has 0 saturated heterocycles. The highest BCUT2D eigenvalue weighted by Crippen LogP contribution is 2.21. The summed E-state index contributed by atoms with van der Waals surface area (Å²) in [5, 5.41) is 13.5. The fraction of sp³-hybridized carbons (Fsp3) is 0.0769. The maximum absolute atomic E-state index is 11.9. The zero-order valence-corrected chi connectivity index (χ0v) is 11.6. The number of benzene rings is 1. The number of carbonyl (C=O) groups is 1. The molecule has 2 rings (SSSR count). The average molecular weight is 323 g/mol. The van der Waals surface area contributed by atoms with Crippen LogP contribution < -0.4 is 5.43 Å². The van der Waals surface area contributed by atoms with Crippen molar-refractivity contribution in [1.82, 2.24) is 5.43 Å². The molecule has 0 saturated carbocycles. The average Bonchev–Trinajstić information content (AvgIpc) is 2.92. The van der Waals surface area contributed by atoms with Crippen LogP contribution in [0.3, 0.4) is 0 Å². The maximum atomic E-state index is 11.9. The predicted molar refractivity (Wildman–Crippen MR) is 74.2 cm³/mol. The van der Waals surface area contributed by atoms with Gasteiger partial charge in [-0.3, -0.25) is 4.79 Å². The molecule has 2 N–H and O–H groups in total. The molecule has 0 aliphatic heterocycles. The number of phenolic OH excluding ortho intramolecular Hbond substituents is 1. The third kappa shape index (κ3) is 3.23. The molecule has 2 aromatic rings. The first kappa shape index (κ1) is 13.4. The summed E-state index contributed by atoms with van der Waals surface area (Å²) >= 11 is 3.23. The largest absolute Gasteiger partial charge is 0.507 e. The second-order valence-electron chi connectivity index (χ2n) is 3.78. The Bertz CT molecular complexity index is 621. The number of halogens is 1. The van der Waals surface area contributed by atoms with Crippen LogP contribution in [0.2, 0.25) is 0 Å². The Labute approximate surface area is 118 Å². The number of rotatable bonds is 3. The van der Waals surface area contributed by atoms with Crippen molar-refractivity contribution in [1.29, 1.82) is 0 Å². The van der Waals surface area contributed by atoms with Crippen LogP contribution in [0.25, 0.3) is 0 Å². The number of hydrazone groups is 1. The lowest BCUT2D eigenvalue weighted by Crippen LogP contribution is -2.19. The summed E-state index contributed by atoms with van der Waals surface area (Å²) in [7, 11) is 0. The van der Waals surface area contributed by atoms with E-state index in [0.717, 1.165) is 0 Å². The maximum Gasteiger partial charge on any atom is 0.275 e. The van der Waals surface area contributed by atoms with Crippen molar-refractivity contribution in [2.45, 2.75) is 6.92 Å². The van der Waals surface area contributed by atoms with Gasteiger partial charge in [0.2, 0.25) is 0 Å². The topological polar surface area (TPSA) is 74.8 Å². The normalized spacial score (nSPS) is 11.4. The molecular weight excluding hydrogens is 312 g/mol. The van der Waals surface area contributed by atoms with Crippen LogP contribution in [0.1, 0.15) is 23.0 Å². The highest BCUT2D eigenvalue weighted by atomic mass is 79.9. The predicted octanol–water partition coefficient (Wildman–Crippen LogP) is 2.90. The molecule has 0 fully saturated rings. The van der Waals surface area contributed by atoms with Crippen molar-refractivity contribution < 1.29 is 14.3 Å². The molecule has 6 heteroatoms. The highest BCUT2D eigenvalue weighted by Gasteiger charge is 2.11. The lowest BCUT2D eigenvalue weighted by molar-refractivity contribution is 0.0952. The summed E-state index contributed by atoms with van der Waals surface area (Å²) < 4.78 is 5.83. The minimum absolute atomic E-state index is 0.105. The molecule has 1 heterocycles. The monoisotopic (exact) mass is 322 g/mol. The smallest absolute Gasteiger partial charge is 0.275 e. The molecule has 1 aromatic heterocycles. The Hall–Kier alpha value is -2.08. The summed E-state index contributed by atoms with van der Waals surface area (Å²) in [5.41, 5.74) is 3.04. The quantitative estimate of drug-likeness (QED) is 0.674. The van der Waals surface area contributed by atoms with Gasteiger partial charge in [0.05, 0.1) is 11.8 Å². The molecule has 5 nitrogen and oxygen atoms in total. The van der Waals surface area contributed by atoms with E-state index in [9.17, 15) is 9.90 Å². The van der Waals surface area contributed by atoms with E-state index >= 15 is 0 Å². The Kier molecular flexibility index (Phi) is 4.01. The van der Waals surface area contributed by atoms with E-state index in [-0.39, 0.29) is 11.3 Å². The van der Waals surface area contributed by atoms with Gasteiger partial charge in [0.25, 0.3) is 5.91 Å². The second-order valence-corrected chi connectivity index (χ2v) is 4.69. The Morgan fingerprint density at radius 1 is 1.42 bits per heavy atom. The minimum atomic E-state index is -0.496. The van der Waals surface area contributed by atoms with Crippen LogP contribution >= 0.6 is 15.9 Å². The van der Waals surface area contributed by atoms with E-state index in [1.165, 1.54) is 18.4 Å². The molecule has 0 unspecified atom stereocenters. The molecule has 19 heavy (non-hydrogen) atoms. The number of amides is 1. The van der Waals surface area contributed by atoms with Crippen LogP contribution in [-0.2, 0) is 0 Å². The fourth-order valence-electron chi connectivity index (χ4n) is 1.42. The van der Waals surface area contributed by atoms with Crippen molar-refractivity contribution in [2.75, 3.05) is 0 Å². The summed E-state index contributed by atoms with van der Waals surface area (Å²) in [4.78, 5) is 11.9. The molecule has 1 amide bonds. The number of hydrogen-bond donors (Lipinski definition) is 2. The fourth-order valence-corrected chi connectivity index (χ4v) is 1.79. The first-order valence-corrected chi connectivity index (χ1v) is 6.24. The molecule has 0 spiro atoms. The number of phenols is 1. The van der Waals surface area contributed by atoms with Crippen LogP contribution in [0, 0.1) is 0 Å². The molecule has 0 aliphatic carbocycles. The zero-order valence-electron chi connectivity index (χ0n) is 10.1. The number of carbonyl (C=O) groups excluding carboxylic acids is 1. The van der Waals surface area contributed by atoms with E-state index < -0.39 is 5.91 Å². The standard InChI is InChI=1S/C13H11BrN2O3/c1-8(12-3-2-6-19-12)15-16-13(18)10-7-9(14)4-5-11(10)17/h2-7,17H,1H3,(H,16,18)/b15-8-. The molecule has 98 valence electrons. The number of furan rings is 1. The van der Waals surface area contributed by atoms with Crippen LogP contribution in [0.4, 0.5) is 0 Å². The van der Waals surface area contributed by atoms with Crippen molar-refractivity contribution in [3.05, 3.63) is 52.4 Å². The first-order valence-electron chi connectivity index (χ1n) is 5.45. The van der Waals surface area contributed by atoms with Crippen LogP contribution in [0.5, 0.6) is 5.75 Å². The van der Waals surface area contributed by atoms with Gasteiger partial charge in [0.15, 0.2) is 0 Å². The van der Waals surface area contributed by atoms with Gasteiger partial charge < -0.3 is 9.52 Å². The third-order valence-electron chi connectivity index (χ3n) is 2.41. The van der Waals surface area contributed by atoms with E-state index in [2.05, 4.69) is 26.5 Å². The molecule has 0 bridgehead atoms. The van der Waals surface area contributed by atoms with Gasteiger partial charge in [0.1, 0.15) is 17.2 Å². The lowest BCUT2D eigenvalue weighted by atomic mass is 10.2. The number of nitrogens with zero attached hydrogens (tertiary/aromatic N) is 1. The lowest BCUT2D eigenvalue weighted by Gasteiger charge is -2.04. The van der Waals surface area contributed by atoms with Gasteiger partial charge in [-0.25, -0.2) is 5.43 Å². The first-order chi connectivity index (χ1) is 9.08. The Morgan fingerprint density at radius 3 is 2.89 bits per heavy atom. The van der Waals surface area contributed by atoms with Crippen LogP contribution in [0.15, 0.2) is 50.6 Å². The second kappa shape index (κ2) is 5.71. The van der Waals surface area contributed by atoms with E-state index in [1.807, 2.05) is 0 Å². The zero-order chi connectivity index (χ0) is 13.8. The summed E-state index contributed by atoms with van der Waals surface area (Å²) in [6, 6.07) is 8.06. The number of hydrogen-bond acceptors (Lipinski definition) is 4. The Balaban J connectivity index is 2.14. The molecule has 1 aromatic carbocycles. The molecular formula is C13H11BrN2O3. The summed E-state index contributed by atoms with van der Waals surface area (Å²) in [6.07, 6.45) is 1.52. The van der Waals surface area contributed by atoms with Crippen molar-refractivity contribution in [3.8, 4) is 5.75 Å². The van der Waals surface area contributed by atoms with E-state index in [4.69, 9.17) is 4.42 Å². The van der Waals surface area contributed by atoms with Gasteiger partial charge >= 0.3 is 0 Å². The Morgan fingerprint density at radius 2 is 2.21 bits per heavy atom. The SMILES string of the molecule is C/C(=N/NC(=O)c1cc(Br)ccc1O)c1ccco1. The van der Waals surface area contributed by atoms with Gasteiger partial charge in [-0.05, 0) is 37.3 Å². The molecule has 0 aliphatic rings. The van der Waals surface area contributed by atoms with Crippen molar-refractivity contribution in [2.24, 2.45) is 5.10 Å². The number of nitrogens with one attached hydrogen (secondary N) is 1. The van der Waals surface area contributed by atoms with Gasteiger partial charge in [0, 0.05) is 4.47 Å². The molecule has 0 atom stereocenters.